The normalized spacial score (nSPS) is 19.6. The zero-order valence-electron chi connectivity index (χ0n) is 9.51. The largest absolute Gasteiger partial charge is 0.480 e. The molecule has 1 aromatic carbocycles. The average Bonchev–Trinajstić information content (AvgIpc) is 2.39. The number of rotatable bonds is 2. The van der Waals surface area contributed by atoms with Crippen molar-refractivity contribution in [3.63, 3.8) is 0 Å². The zero-order valence-corrected chi connectivity index (χ0v) is 11.9. The Balaban J connectivity index is 2.20. The summed E-state index contributed by atoms with van der Waals surface area (Å²) in [7, 11) is 0. The first-order chi connectivity index (χ1) is 8.59. The number of hydrogen-bond acceptors (Lipinski definition) is 3. The lowest BCUT2D eigenvalue weighted by atomic mass is 10.1. The molecule has 0 saturated carbocycles. The van der Waals surface area contributed by atoms with Gasteiger partial charge in [-0.05, 0) is 24.3 Å². The third-order valence-corrected chi connectivity index (χ3v) is 4.32. The fourth-order valence-electron chi connectivity index (χ4n) is 1.81. The van der Waals surface area contributed by atoms with Crippen molar-refractivity contribution in [2.75, 3.05) is 18.1 Å². The molecular formula is C12H12BrNO3S. The van der Waals surface area contributed by atoms with Crippen molar-refractivity contribution in [2.24, 2.45) is 0 Å². The van der Waals surface area contributed by atoms with Gasteiger partial charge in [0.25, 0.3) is 5.91 Å². The van der Waals surface area contributed by atoms with Gasteiger partial charge in [0.2, 0.25) is 0 Å². The van der Waals surface area contributed by atoms with E-state index in [9.17, 15) is 9.59 Å². The Kier molecular flexibility index (Phi) is 4.29. The molecule has 0 aliphatic carbocycles. The minimum atomic E-state index is -0.937. The highest BCUT2D eigenvalue weighted by molar-refractivity contribution is 9.10. The summed E-state index contributed by atoms with van der Waals surface area (Å²) in [5.41, 5.74) is 0.524. The van der Waals surface area contributed by atoms with Crippen LogP contribution in [-0.4, -0.2) is 46.0 Å². The van der Waals surface area contributed by atoms with Gasteiger partial charge in [0, 0.05) is 28.1 Å². The molecule has 96 valence electrons. The number of benzene rings is 1. The van der Waals surface area contributed by atoms with E-state index in [0.29, 0.717) is 17.9 Å². The van der Waals surface area contributed by atoms with Gasteiger partial charge in [-0.1, -0.05) is 15.9 Å². The monoisotopic (exact) mass is 329 g/mol. The van der Waals surface area contributed by atoms with Crippen LogP contribution in [-0.2, 0) is 4.79 Å². The molecule has 1 heterocycles. The SMILES string of the molecule is O=C(O)C1CSCCN1C(=O)c1ccc(Br)cc1. The molecule has 1 atom stereocenters. The minimum absolute atomic E-state index is 0.213. The number of carbonyl (C=O) groups is 2. The van der Waals surface area contributed by atoms with E-state index < -0.39 is 12.0 Å². The van der Waals surface area contributed by atoms with E-state index in [2.05, 4.69) is 15.9 Å². The van der Waals surface area contributed by atoms with E-state index in [4.69, 9.17) is 5.11 Å². The Morgan fingerprint density at radius 3 is 2.61 bits per heavy atom. The summed E-state index contributed by atoms with van der Waals surface area (Å²) < 4.78 is 0.892. The Hall–Kier alpha value is -1.01. The van der Waals surface area contributed by atoms with Crippen molar-refractivity contribution in [1.82, 2.24) is 4.90 Å². The van der Waals surface area contributed by atoms with Crippen LogP contribution in [0.4, 0.5) is 0 Å². The second kappa shape index (κ2) is 5.75. The molecule has 1 aliphatic heterocycles. The summed E-state index contributed by atoms with van der Waals surface area (Å²) in [6.45, 7) is 0.483. The fourth-order valence-corrected chi connectivity index (χ4v) is 3.11. The van der Waals surface area contributed by atoms with Gasteiger partial charge in [-0.3, -0.25) is 4.79 Å². The van der Waals surface area contributed by atoms with Gasteiger partial charge >= 0.3 is 5.97 Å². The molecule has 1 aliphatic rings. The molecule has 1 N–H and O–H groups in total. The maximum absolute atomic E-state index is 12.3. The van der Waals surface area contributed by atoms with Crippen molar-refractivity contribution in [3.8, 4) is 0 Å². The van der Waals surface area contributed by atoms with E-state index >= 15 is 0 Å². The van der Waals surface area contributed by atoms with Gasteiger partial charge in [0.05, 0.1) is 0 Å². The molecule has 1 unspecified atom stereocenters. The number of halogens is 1. The second-order valence-electron chi connectivity index (χ2n) is 3.93. The standard InChI is InChI=1S/C12H12BrNO3S/c13-9-3-1-8(2-4-9)11(15)14-5-6-18-7-10(14)12(16)17/h1-4,10H,5-7H2,(H,16,17). The second-order valence-corrected chi connectivity index (χ2v) is 6.00. The number of nitrogens with zero attached hydrogens (tertiary/aromatic N) is 1. The van der Waals surface area contributed by atoms with Gasteiger partial charge in [-0.25, -0.2) is 4.79 Å². The number of aliphatic carboxylic acids is 1. The van der Waals surface area contributed by atoms with Crippen LogP contribution in [0.1, 0.15) is 10.4 Å². The molecule has 2 rings (SSSR count). The summed E-state index contributed by atoms with van der Waals surface area (Å²) in [5.74, 6) is 0.0896. The number of thioether (sulfide) groups is 1. The Labute approximate surface area is 117 Å². The maximum atomic E-state index is 12.3. The van der Waals surface area contributed by atoms with Crippen molar-refractivity contribution in [2.45, 2.75) is 6.04 Å². The molecule has 18 heavy (non-hydrogen) atoms. The van der Waals surface area contributed by atoms with Crippen LogP contribution in [0.25, 0.3) is 0 Å². The van der Waals surface area contributed by atoms with Gasteiger partial charge in [-0.15, -0.1) is 0 Å². The minimum Gasteiger partial charge on any atom is -0.480 e. The molecule has 1 amide bonds. The van der Waals surface area contributed by atoms with Crippen molar-refractivity contribution < 1.29 is 14.7 Å². The van der Waals surface area contributed by atoms with Gasteiger partial charge in [0.1, 0.15) is 6.04 Å². The maximum Gasteiger partial charge on any atom is 0.327 e. The number of carbonyl (C=O) groups excluding carboxylic acids is 1. The lowest BCUT2D eigenvalue weighted by molar-refractivity contribution is -0.141. The first-order valence-corrected chi connectivity index (χ1v) is 7.41. The first-order valence-electron chi connectivity index (χ1n) is 5.46. The molecule has 0 radical (unpaired) electrons. The lowest BCUT2D eigenvalue weighted by Gasteiger charge is -2.32. The van der Waals surface area contributed by atoms with E-state index in [1.165, 1.54) is 4.90 Å². The zero-order chi connectivity index (χ0) is 13.1. The van der Waals surface area contributed by atoms with Gasteiger partial charge in [0.15, 0.2) is 0 Å². The van der Waals surface area contributed by atoms with Crippen LogP contribution in [0, 0.1) is 0 Å². The highest BCUT2D eigenvalue weighted by atomic mass is 79.9. The van der Waals surface area contributed by atoms with Crippen LogP contribution in [0.15, 0.2) is 28.7 Å². The molecule has 1 fully saturated rings. The first kappa shape index (κ1) is 13.4. The molecule has 4 nitrogen and oxygen atoms in total. The van der Waals surface area contributed by atoms with Crippen LogP contribution in [0.5, 0.6) is 0 Å². The fraction of sp³-hybridized carbons (Fsp3) is 0.333. The molecule has 1 aromatic rings. The van der Waals surface area contributed by atoms with Gasteiger partial charge < -0.3 is 10.0 Å². The van der Waals surface area contributed by atoms with Crippen molar-refractivity contribution >= 4 is 39.6 Å². The summed E-state index contributed by atoms with van der Waals surface area (Å²) in [6, 6.07) is 6.24. The molecular weight excluding hydrogens is 318 g/mol. The molecule has 0 spiro atoms. The van der Waals surface area contributed by atoms with Crippen LogP contribution in [0.3, 0.4) is 0 Å². The van der Waals surface area contributed by atoms with Crippen molar-refractivity contribution in [1.29, 1.82) is 0 Å². The van der Waals surface area contributed by atoms with Crippen molar-refractivity contribution in [3.05, 3.63) is 34.3 Å². The summed E-state index contributed by atoms with van der Waals surface area (Å²) in [4.78, 5) is 24.9. The lowest BCUT2D eigenvalue weighted by Crippen LogP contribution is -2.50. The number of carboxylic acids is 1. The number of amides is 1. The Bertz CT molecular complexity index is 463. The summed E-state index contributed by atoms with van der Waals surface area (Å²) in [6.07, 6.45) is 0. The van der Waals surface area contributed by atoms with E-state index in [1.807, 2.05) is 0 Å². The molecule has 0 aromatic heterocycles. The smallest absolute Gasteiger partial charge is 0.327 e. The van der Waals surface area contributed by atoms with E-state index in [1.54, 1.807) is 36.0 Å². The van der Waals surface area contributed by atoms with E-state index in [-0.39, 0.29) is 5.91 Å². The average molecular weight is 330 g/mol. The predicted octanol–water partition coefficient (Wildman–Crippen LogP) is 2.09. The summed E-state index contributed by atoms with van der Waals surface area (Å²) >= 11 is 4.87. The van der Waals surface area contributed by atoms with Crippen LogP contribution >= 0.6 is 27.7 Å². The van der Waals surface area contributed by atoms with Gasteiger partial charge in [-0.2, -0.15) is 11.8 Å². The van der Waals surface area contributed by atoms with E-state index in [0.717, 1.165) is 10.2 Å². The molecule has 0 bridgehead atoms. The number of carboxylic acid groups (broad SMARTS) is 1. The molecule has 1 saturated heterocycles. The highest BCUT2D eigenvalue weighted by Crippen LogP contribution is 2.20. The van der Waals surface area contributed by atoms with Crippen LogP contribution in [0.2, 0.25) is 0 Å². The third-order valence-electron chi connectivity index (χ3n) is 2.77. The molecule has 6 heteroatoms. The quantitative estimate of drug-likeness (QED) is 0.902. The summed E-state index contributed by atoms with van der Waals surface area (Å²) in [5, 5.41) is 9.13. The Morgan fingerprint density at radius 2 is 2.00 bits per heavy atom. The number of hydrogen-bond donors (Lipinski definition) is 1. The topological polar surface area (TPSA) is 57.6 Å². The Morgan fingerprint density at radius 1 is 1.33 bits per heavy atom. The third kappa shape index (κ3) is 2.87. The van der Waals surface area contributed by atoms with Crippen LogP contribution < -0.4 is 0 Å². The predicted molar refractivity (Wildman–Crippen MR) is 73.9 cm³/mol. The highest BCUT2D eigenvalue weighted by Gasteiger charge is 2.32.